The van der Waals surface area contributed by atoms with Gasteiger partial charge in [0.1, 0.15) is 17.2 Å². The van der Waals surface area contributed by atoms with Crippen LogP contribution in [-0.4, -0.2) is 44.9 Å². The van der Waals surface area contributed by atoms with Crippen molar-refractivity contribution in [3.05, 3.63) is 65.6 Å². The number of fused-ring (bicyclic) bond motifs is 2. The number of aryl methyl sites for hydroxylation is 1. The Hall–Kier alpha value is -2.41. The molecule has 30 heavy (non-hydrogen) atoms. The highest BCUT2D eigenvalue weighted by molar-refractivity contribution is 5.84. The summed E-state index contributed by atoms with van der Waals surface area (Å²) < 4.78 is 21.8. The number of ether oxygens (including phenoxy) is 1. The van der Waals surface area contributed by atoms with Crippen LogP contribution in [0.4, 0.5) is 4.39 Å². The average molecular weight is 410 g/mol. The van der Waals surface area contributed by atoms with Gasteiger partial charge in [0.2, 0.25) is 0 Å². The van der Waals surface area contributed by atoms with Crippen LogP contribution in [-0.2, 0) is 7.05 Å². The second-order valence-electron chi connectivity index (χ2n) is 8.72. The number of hydrogen-bond donors (Lipinski definition) is 2. The minimum absolute atomic E-state index is 0.357. The lowest BCUT2D eigenvalue weighted by Gasteiger charge is -2.46. The van der Waals surface area contributed by atoms with E-state index >= 15 is 0 Å². The second-order valence-corrected chi connectivity index (χ2v) is 8.72. The van der Waals surface area contributed by atoms with E-state index in [0.717, 1.165) is 42.4 Å². The van der Waals surface area contributed by atoms with E-state index in [1.165, 1.54) is 12.1 Å². The van der Waals surface area contributed by atoms with Gasteiger partial charge in [-0.05, 0) is 37.1 Å². The van der Waals surface area contributed by atoms with Crippen molar-refractivity contribution in [1.29, 1.82) is 0 Å². The Balaban J connectivity index is 1.27. The molecule has 2 aromatic carbocycles. The number of benzene rings is 2. The molecule has 1 fully saturated rings. The molecule has 3 aromatic rings. The molecule has 2 N–H and O–H groups in total. The molecule has 0 amide bonds. The summed E-state index contributed by atoms with van der Waals surface area (Å²) in [6.07, 6.45) is 2.75. The van der Waals surface area contributed by atoms with Crippen LogP contribution in [0.2, 0.25) is 0 Å². The predicted molar refractivity (Wildman–Crippen MR) is 113 cm³/mol. The fourth-order valence-electron chi connectivity index (χ4n) is 5.04. The Morgan fingerprint density at radius 2 is 1.97 bits per heavy atom. The molecule has 0 aliphatic carbocycles. The smallest absolute Gasteiger partial charge is 0.126 e. The van der Waals surface area contributed by atoms with Crippen molar-refractivity contribution in [1.82, 2.24) is 9.47 Å². The summed E-state index contributed by atoms with van der Waals surface area (Å²) in [5, 5.41) is 22.6. The SMILES string of the molecule is Cn1cc([C@H](O)CN2CCC3(CC2)C[C@@H](O)c2cc(F)ccc2O3)c2ccccc21. The maximum Gasteiger partial charge on any atom is 0.126 e. The zero-order valence-corrected chi connectivity index (χ0v) is 17.1. The Labute approximate surface area is 175 Å². The van der Waals surface area contributed by atoms with E-state index in [1.807, 2.05) is 25.4 Å². The van der Waals surface area contributed by atoms with Gasteiger partial charge in [-0.3, -0.25) is 0 Å². The standard InChI is InChI=1S/C24H27FN2O3/c1-26-14-19(17-4-2-3-5-20(17)26)22(29)15-27-10-8-24(9-11-27)13-21(28)18-12-16(25)6-7-23(18)30-24/h2-7,12,14,21-22,28-29H,8-11,13,15H2,1H3/t21-,22-/m1/s1. The Morgan fingerprint density at radius 1 is 1.20 bits per heavy atom. The minimum atomic E-state index is -0.711. The third-order valence-corrected chi connectivity index (χ3v) is 6.71. The quantitative estimate of drug-likeness (QED) is 0.691. The van der Waals surface area contributed by atoms with E-state index in [1.54, 1.807) is 6.07 Å². The van der Waals surface area contributed by atoms with E-state index in [0.29, 0.717) is 24.3 Å². The van der Waals surface area contributed by atoms with Gasteiger partial charge in [-0.2, -0.15) is 0 Å². The molecule has 1 spiro atoms. The van der Waals surface area contributed by atoms with Crippen molar-refractivity contribution in [3.63, 3.8) is 0 Å². The van der Waals surface area contributed by atoms with Crippen molar-refractivity contribution in [2.24, 2.45) is 7.05 Å². The first-order valence-corrected chi connectivity index (χ1v) is 10.5. The third-order valence-electron chi connectivity index (χ3n) is 6.71. The molecule has 1 aromatic heterocycles. The molecule has 158 valence electrons. The van der Waals surface area contributed by atoms with Gasteiger partial charge in [-0.1, -0.05) is 18.2 Å². The van der Waals surface area contributed by atoms with E-state index in [2.05, 4.69) is 21.6 Å². The van der Waals surface area contributed by atoms with Crippen LogP contribution < -0.4 is 4.74 Å². The summed E-state index contributed by atoms with van der Waals surface area (Å²) in [6.45, 7) is 2.13. The molecule has 2 aliphatic heterocycles. The first kappa shape index (κ1) is 19.5. The molecule has 2 aliphatic rings. The number of para-hydroxylation sites is 1. The third kappa shape index (κ3) is 3.39. The van der Waals surface area contributed by atoms with Crippen molar-refractivity contribution in [3.8, 4) is 5.75 Å². The molecule has 0 radical (unpaired) electrons. The number of halogens is 1. The number of aromatic nitrogens is 1. The fraction of sp³-hybridized carbons (Fsp3) is 0.417. The van der Waals surface area contributed by atoms with E-state index in [-0.39, 0.29) is 5.82 Å². The summed E-state index contributed by atoms with van der Waals surface area (Å²) >= 11 is 0. The van der Waals surface area contributed by atoms with Crippen LogP contribution in [0.5, 0.6) is 5.75 Å². The number of aliphatic hydroxyl groups is 2. The largest absolute Gasteiger partial charge is 0.487 e. The lowest BCUT2D eigenvalue weighted by molar-refractivity contribution is -0.0588. The van der Waals surface area contributed by atoms with E-state index < -0.39 is 17.8 Å². The molecule has 0 bridgehead atoms. The van der Waals surface area contributed by atoms with Gasteiger partial charge in [0.25, 0.3) is 0 Å². The van der Waals surface area contributed by atoms with Crippen LogP contribution >= 0.6 is 0 Å². The van der Waals surface area contributed by atoms with Gasteiger partial charge < -0.3 is 24.4 Å². The molecule has 1 saturated heterocycles. The number of aliphatic hydroxyl groups excluding tert-OH is 2. The van der Waals surface area contributed by atoms with Crippen LogP contribution in [0, 0.1) is 5.82 Å². The molecule has 6 heteroatoms. The zero-order valence-electron chi connectivity index (χ0n) is 17.1. The molecule has 3 heterocycles. The van der Waals surface area contributed by atoms with Crippen molar-refractivity contribution in [2.75, 3.05) is 19.6 Å². The number of β-amino-alcohol motifs (C(OH)–C–C–N with tert-alkyl or cyclic N) is 1. The second kappa shape index (κ2) is 7.38. The number of piperidine rings is 1. The first-order valence-electron chi connectivity index (χ1n) is 10.5. The van der Waals surface area contributed by atoms with Crippen LogP contribution in [0.15, 0.2) is 48.7 Å². The lowest BCUT2D eigenvalue weighted by atomic mass is 9.81. The van der Waals surface area contributed by atoms with Crippen molar-refractivity contribution < 1.29 is 19.3 Å². The monoisotopic (exact) mass is 410 g/mol. The highest BCUT2D eigenvalue weighted by Crippen LogP contribution is 2.44. The maximum absolute atomic E-state index is 13.5. The topological polar surface area (TPSA) is 57.9 Å². The molecule has 0 saturated carbocycles. The van der Waals surface area contributed by atoms with Crippen LogP contribution in [0.3, 0.4) is 0 Å². The van der Waals surface area contributed by atoms with Crippen LogP contribution in [0.1, 0.15) is 42.6 Å². The average Bonchev–Trinajstić information content (AvgIpc) is 3.08. The number of rotatable bonds is 3. The Morgan fingerprint density at radius 3 is 2.77 bits per heavy atom. The highest BCUT2D eigenvalue weighted by atomic mass is 19.1. The van der Waals surface area contributed by atoms with Gasteiger partial charge in [0, 0.05) is 61.3 Å². The fourth-order valence-corrected chi connectivity index (χ4v) is 5.04. The molecular formula is C24H27FN2O3. The number of hydrogen-bond acceptors (Lipinski definition) is 4. The lowest BCUT2D eigenvalue weighted by Crippen LogP contribution is -2.51. The zero-order chi connectivity index (χ0) is 20.9. The molecular weight excluding hydrogens is 383 g/mol. The highest BCUT2D eigenvalue weighted by Gasteiger charge is 2.43. The number of nitrogens with zero attached hydrogens (tertiary/aromatic N) is 2. The first-order chi connectivity index (χ1) is 14.4. The molecule has 2 atom stereocenters. The van der Waals surface area contributed by atoms with Gasteiger partial charge >= 0.3 is 0 Å². The molecule has 5 rings (SSSR count). The van der Waals surface area contributed by atoms with Gasteiger partial charge in [0.05, 0.1) is 12.2 Å². The summed E-state index contributed by atoms with van der Waals surface area (Å²) in [6, 6.07) is 12.5. The summed E-state index contributed by atoms with van der Waals surface area (Å²) in [5.41, 5.74) is 2.18. The minimum Gasteiger partial charge on any atom is -0.487 e. The summed E-state index contributed by atoms with van der Waals surface area (Å²) in [7, 11) is 2.00. The number of likely N-dealkylation sites (tertiary alicyclic amines) is 1. The maximum atomic E-state index is 13.5. The summed E-state index contributed by atoms with van der Waals surface area (Å²) in [5.74, 6) is 0.226. The Kier molecular flexibility index (Phi) is 4.81. The van der Waals surface area contributed by atoms with Gasteiger partial charge in [0.15, 0.2) is 0 Å². The Bertz CT molecular complexity index is 1070. The van der Waals surface area contributed by atoms with Gasteiger partial charge in [-0.15, -0.1) is 0 Å². The summed E-state index contributed by atoms with van der Waals surface area (Å²) in [4.78, 5) is 2.26. The van der Waals surface area contributed by atoms with E-state index in [4.69, 9.17) is 4.74 Å². The van der Waals surface area contributed by atoms with Gasteiger partial charge in [-0.25, -0.2) is 4.39 Å². The molecule has 5 nitrogen and oxygen atoms in total. The normalized spacial score (nSPS) is 22.1. The molecule has 0 unspecified atom stereocenters. The van der Waals surface area contributed by atoms with Crippen molar-refractivity contribution >= 4 is 10.9 Å². The van der Waals surface area contributed by atoms with Crippen molar-refractivity contribution in [2.45, 2.75) is 37.1 Å². The predicted octanol–water partition coefficient (Wildman–Crippen LogP) is 3.70. The van der Waals surface area contributed by atoms with E-state index in [9.17, 15) is 14.6 Å². The van der Waals surface area contributed by atoms with Crippen LogP contribution in [0.25, 0.3) is 10.9 Å².